The second kappa shape index (κ2) is 7.23. The Hall–Kier alpha value is -2.54. The van der Waals surface area contributed by atoms with Crippen molar-refractivity contribution in [3.63, 3.8) is 0 Å². The summed E-state index contributed by atoms with van der Waals surface area (Å²) < 4.78 is 2.27. The van der Waals surface area contributed by atoms with E-state index in [-0.39, 0.29) is 0 Å². The fraction of sp³-hybridized carbons (Fsp3) is 0.478. The number of para-hydroxylation sites is 2. The van der Waals surface area contributed by atoms with E-state index in [0.717, 1.165) is 53.7 Å². The quantitative estimate of drug-likeness (QED) is 0.638. The van der Waals surface area contributed by atoms with Gasteiger partial charge in [-0.15, -0.1) is 0 Å². The third-order valence-electron chi connectivity index (χ3n) is 5.83. The maximum absolute atomic E-state index is 9.93. The molecule has 4 rings (SSSR count). The summed E-state index contributed by atoms with van der Waals surface area (Å²) >= 11 is 0. The van der Waals surface area contributed by atoms with Crippen LogP contribution in [0, 0.1) is 24.2 Å². The van der Waals surface area contributed by atoms with Crippen LogP contribution in [0.4, 0.5) is 5.82 Å². The lowest BCUT2D eigenvalue weighted by Crippen LogP contribution is -2.32. The van der Waals surface area contributed by atoms with E-state index in [0.29, 0.717) is 5.92 Å². The zero-order chi connectivity index (χ0) is 19.0. The van der Waals surface area contributed by atoms with Gasteiger partial charge in [0, 0.05) is 13.1 Å². The molecule has 1 fully saturated rings. The van der Waals surface area contributed by atoms with Crippen LogP contribution in [0.15, 0.2) is 24.3 Å². The lowest BCUT2D eigenvalue weighted by molar-refractivity contribution is 0.561. The van der Waals surface area contributed by atoms with Gasteiger partial charge in [-0.3, -0.25) is 4.40 Å². The Labute approximate surface area is 161 Å². The van der Waals surface area contributed by atoms with Gasteiger partial charge >= 0.3 is 0 Å². The molecule has 4 heteroatoms. The Balaban J connectivity index is 2.07. The van der Waals surface area contributed by atoms with Gasteiger partial charge in [-0.1, -0.05) is 26.0 Å². The van der Waals surface area contributed by atoms with Crippen LogP contribution in [0.2, 0.25) is 0 Å². The van der Waals surface area contributed by atoms with Crippen molar-refractivity contribution < 1.29 is 0 Å². The molecule has 0 amide bonds. The average Bonchev–Trinajstić information content (AvgIpc) is 3.05. The summed E-state index contributed by atoms with van der Waals surface area (Å²) in [5.41, 5.74) is 6.05. The Bertz CT molecular complexity index is 1020. The molecule has 0 unspecified atom stereocenters. The van der Waals surface area contributed by atoms with E-state index in [9.17, 15) is 5.26 Å². The molecule has 2 aromatic heterocycles. The zero-order valence-corrected chi connectivity index (χ0v) is 16.6. The van der Waals surface area contributed by atoms with E-state index >= 15 is 0 Å². The lowest BCUT2D eigenvalue weighted by atomic mass is 9.96. The molecule has 0 bridgehead atoms. The van der Waals surface area contributed by atoms with Crippen LogP contribution in [0.1, 0.15) is 56.2 Å². The second-order valence-electron chi connectivity index (χ2n) is 8.15. The Morgan fingerprint density at radius 3 is 2.59 bits per heavy atom. The predicted molar refractivity (Wildman–Crippen MR) is 111 cm³/mol. The average molecular weight is 361 g/mol. The molecule has 27 heavy (non-hydrogen) atoms. The van der Waals surface area contributed by atoms with Crippen LogP contribution in [-0.2, 0) is 6.42 Å². The first-order valence-electron chi connectivity index (χ1n) is 10.2. The summed E-state index contributed by atoms with van der Waals surface area (Å²) in [5.74, 6) is 1.91. The fourth-order valence-corrected chi connectivity index (χ4v) is 4.33. The molecule has 0 spiro atoms. The number of benzene rings is 1. The van der Waals surface area contributed by atoms with Crippen LogP contribution in [0.3, 0.4) is 0 Å². The monoisotopic (exact) mass is 360 g/mol. The SMILES string of the molecule is Cc1c(CCC(C)C)c(N2CCCCC2)n2c(nc3ccccc32)c1C#N. The zero-order valence-electron chi connectivity index (χ0n) is 16.6. The van der Waals surface area contributed by atoms with Crippen LogP contribution < -0.4 is 4.90 Å². The van der Waals surface area contributed by atoms with Gasteiger partial charge in [0.25, 0.3) is 0 Å². The van der Waals surface area contributed by atoms with Crippen molar-refractivity contribution in [3.05, 3.63) is 41.0 Å². The molecule has 0 saturated carbocycles. The summed E-state index contributed by atoms with van der Waals surface area (Å²) in [4.78, 5) is 7.39. The summed E-state index contributed by atoms with van der Waals surface area (Å²) in [6.45, 7) is 8.82. The standard InChI is InChI=1S/C23H28N4/c1-16(2)11-12-18-17(3)19(15-24)22-25-20-9-5-6-10-21(20)27(22)23(18)26-13-7-4-8-14-26/h5-6,9-10,16H,4,7-8,11-14H2,1-3H3. The Morgan fingerprint density at radius 1 is 1.15 bits per heavy atom. The van der Waals surface area contributed by atoms with Crippen LogP contribution >= 0.6 is 0 Å². The number of hydrogen-bond acceptors (Lipinski definition) is 3. The smallest absolute Gasteiger partial charge is 0.157 e. The van der Waals surface area contributed by atoms with Crippen molar-refractivity contribution in [3.8, 4) is 6.07 Å². The van der Waals surface area contributed by atoms with Crippen molar-refractivity contribution >= 4 is 22.5 Å². The topological polar surface area (TPSA) is 44.3 Å². The molecule has 4 nitrogen and oxygen atoms in total. The van der Waals surface area contributed by atoms with E-state index in [1.165, 1.54) is 30.6 Å². The number of aromatic nitrogens is 2. The van der Waals surface area contributed by atoms with E-state index in [4.69, 9.17) is 4.98 Å². The summed E-state index contributed by atoms with van der Waals surface area (Å²) in [6, 6.07) is 10.7. The maximum Gasteiger partial charge on any atom is 0.157 e. The molecule has 0 N–H and O–H groups in total. The molecular formula is C23H28N4. The van der Waals surface area contributed by atoms with E-state index in [1.807, 2.05) is 12.1 Å². The first-order valence-corrected chi connectivity index (χ1v) is 10.2. The predicted octanol–water partition coefficient (Wildman–Crippen LogP) is 5.25. The summed E-state index contributed by atoms with van der Waals surface area (Å²) in [7, 11) is 0. The molecule has 3 aromatic rings. The number of pyridine rings is 1. The molecular weight excluding hydrogens is 332 g/mol. The van der Waals surface area contributed by atoms with Crippen molar-refractivity contribution in [2.75, 3.05) is 18.0 Å². The lowest BCUT2D eigenvalue weighted by Gasteiger charge is -2.32. The number of fused-ring (bicyclic) bond motifs is 3. The number of hydrogen-bond donors (Lipinski definition) is 0. The van der Waals surface area contributed by atoms with Crippen molar-refractivity contribution in [2.45, 2.75) is 52.9 Å². The van der Waals surface area contributed by atoms with E-state index in [2.05, 4.69) is 48.3 Å². The third kappa shape index (κ3) is 3.06. The van der Waals surface area contributed by atoms with Crippen LogP contribution in [0.25, 0.3) is 16.7 Å². The second-order valence-corrected chi connectivity index (χ2v) is 8.15. The minimum atomic E-state index is 0.638. The van der Waals surface area contributed by atoms with Crippen molar-refractivity contribution in [2.24, 2.45) is 5.92 Å². The minimum absolute atomic E-state index is 0.638. The van der Waals surface area contributed by atoms with Crippen molar-refractivity contribution in [1.82, 2.24) is 9.38 Å². The molecule has 0 aliphatic carbocycles. The number of imidazole rings is 1. The molecule has 1 aliphatic heterocycles. The molecule has 0 radical (unpaired) electrons. The highest BCUT2D eigenvalue weighted by Crippen LogP contribution is 2.35. The van der Waals surface area contributed by atoms with Gasteiger partial charge in [0.15, 0.2) is 5.65 Å². The highest BCUT2D eigenvalue weighted by atomic mass is 15.2. The first kappa shape index (κ1) is 17.9. The fourth-order valence-electron chi connectivity index (χ4n) is 4.33. The molecule has 140 valence electrons. The van der Waals surface area contributed by atoms with E-state index < -0.39 is 0 Å². The number of nitriles is 1. The van der Waals surface area contributed by atoms with Gasteiger partial charge in [0.1, 0.15) is 11.9 Å². The van der Waals surface area contributed by atoms with Gasteiger partial charge < -0.3 is 4.90 Å². The number of piperidine rings is 1. The van der Waals surface area contributed by atoms with Gasteiger partial charge in [0.2, 0.25) is 0 Å². The molecule has 1 saturated heterocycles. The van der Waals surface area contributed by atoms with Gasteiger partial charge in [-0.2, -0.15) is 5.26 Å². The molecule has 1 aliphatic rings. The summed E-state index contributed by atoms with van der Waals surface area (Å²) in [6.07, 6.45) is 5.91. The number of anilines is 1. The summed E-state index contributed by atoms with van der Waals surface area (Å²) in [5, 5.41) is 9.93. The largest absolute Gasteiger partial charge is 0.357 e. The van der Waals surface area contributed by atoms with Crippen LogP contribution in [0.5, 0.6) is 0 Å². The van der Waals surface area contributed by atoms with Gasteiger partial charge in [-0.05, 0) is 68.2 Å². The molecule has 3 heterocycles. The third-order valence-corrected chi connectivity index (χ3v) is 5.83. The van der Waals surface area contributed by atoms with Crippen LogP contribution in [-0.4, -0.2) is 22.5 Å². The minimum Gasteiger partial charge on any atom is -0.357 e. The Kier molecular flexibility index (Phi) is 4.78. The highest BCUT2D eigenvalue weighted by Gasteiger charge is 2.25. The highest BCUT2D eigenvalue weighted by molar-refractivity contribution is 5.86. The molecule has 0 atom stereocenters. The number of nitrogens with zero attached hydrogens (tertiary/aromatic N) is 4. The maximum atomic E-state index is 9.93. The molecule has 1 aromatic carbocycles. The first-order chi connectivity index (χ1) is 13.1. The van der Waals surface area contributed by atoms with Crippen molar-refractivity contribution in [1.29, 1.82) is 5.26 Å². The van der Waals surface area contributed by atoms with Gasteiger partial charge in [0.05, 0.1) is 16.6 Å². The number of rotatable bonds is 4. The van der Waals surface area contributed by atoms with Gasteiger partial charge in [-0.25, -0.2) is 4.98 Å². The normalized spacial score (nSPS) is 15.0. The van der Waals surface area contributed by atoms with E-state index in [1.54, 1.807) is 0 Å². The Morgan fingerprint density at radius 2 is 1.89 bits per heavy atom.